The van der Waals surface area contributed by atoms with Gasteiger partial charge in [-0.1, -0.05) is 30.3 Å². The Morgan fingerprint density at radius 1 is 1.00 bits per heavy atom. The lowest BCUT2D eigenvalue weighted by Gasteiger charge is -2.09. The Balaban J connectivity index is 1.28. The third-order valence-corrected chi connectivity index (χ3v) is 4.20. The van der Waals surface area contributed by atoms with Crippen LogP contribution < -0.4 is 14.8 Å². The van der Waals surface area contributed by atoms with E-state index in [2.05, 4.69) is 20.6 Å². The second-order valence-electron chi connectivity index (χ2n) is 6.39. The number of carbonyl (C=O) groups excluding carboxylic acids is 1. The molecule has 0 saturated heterocycles. The lowest BCUT2D eigenvalue weighted by atomic mass is 10.2. The zero-order valence-electron chi connectivity index (χ0n) is 16.2. The van der Waals surface area contributed by atoms with Crippen molar-refractivity contribution in [2.45, 2.75) is 0 Å². The van der Waals surface area contributed by atoms with Crippen molar-refractivity contribution in [2.24, 2.45) is 0 Å². The number of benzene rings is 2. The average Bonchev–Trinajstić information content (AvgIpc) is 3.20. The smallest absolute Gasteiger partial charge is 0.258 e. The van der Waals surface area contributed by atoms with Gasteiger partial charge in [-0.15, -0.1) is 15.3 Å². The van der Waals surface area contributed by atoms with Crippen LogP contribution in [-0.4, -0.2) is 45.5 Å². The van der Waals surface area contributed by atoms with E-state index in [0.717, 1.165) is 17.7 Å². The van der Waals surface area contributed by atoms with Crippen molar-refractivity contribution in [1.82, 2.24) is 25.1 Å². The maximum atomic E-state index is 13.5. The summed E-state index contributed by atoms with van der Waals surface area (Å²) < 4.78 is 38.5. The lowest BCUT2D eigenvalue weighted by molar-refractivity contribution is -0.123. The standard InChI is InChI=1S/C21H17F2N5O3/c22-15-6-7-17(16(23)12-15)31-13-19(29)24-10-11-30-20-9-8-18-25-26-21(28(18)27-20)14-4-2-1-3-5-14/h1-9,12H,10-11,13H2,(H,24,29). The summed E-state index contributed by atoms with van der Waals surface area (Å²) in [6.07, 6.45) is 0. The topological polar surface area (TPSA) is 90.6 Å². The fraction of sp³-hybridized carbons (Fsp3) is 0.143. The van der Waals surface area contributed by atoms with Gasteiger partial charge in [0.15, 0.2) is 29.6 Å². The van der Waals surface area contributed by atoms with Crippen LogP contribution in [0.2, 0.25) is 0 Å². The van der Waals surface area contributed by atoms with Crippen LogP contribution in [0.25, 0.3) is 17.0 Å². The van der Waals surface area contributed by atoms with Gasteiger partial charge in [-0.25, -0.2) is 8.78 Å². The molecule has 0 aliphatic heterocycles. The van der Waals surface area contributed by atoms with Gasteiger partial charge in [0.1, 0.15) is 12.4 Å². The number of hydrogen-bond donors (Lipinski definition) is 1. The predicted octanol–water partition coefficient (Wildman–Crippen LogP) is 2.64. The summed E-state index contributed by atoms with van der Waals surface area (Å²) in [4.78, 5) is 11.8. The molecule has 0 unspecified atom stereocenters. The molecule has 0 aliphatic rings. The molecule has 1 N–H and O–H groups in total. The van der Waals surface area contributed by atoms with E-state index in [1.807, 2.05) is 30.3 Å². The average molecular weight is 425 g/mol. The van der Waals surface area contributed by atoms with Crippen LogP contribution in [-0.2, 0) is 4.79 Å². The van der Waals surface area contributed by atoms with Gasteiger partial charge in [0.05, 0.1) is 6.54 Å². The second kappa shape index (κ2) is 9.16. The van der Waals surface area contributed by atoms with Gasteiger partial charge in [-0.2, -0.15) is 4.52 Å². The number of nitrogens with zero attached hydrogens (tertiary/aromatic N) is 4. The molecule has 0 spiro atoms. The molecule has 2 aromatic heterocycles. The highest BCUT2D eigenvalue weighted by Crippen LogP contribution is 2.19. The van der Waals surface area contributed by atoms with Crippen molar-refractivity contribution in [3.8, 4) is 23.0 Å². The molecule has 0 atom stereocenters. The molecule has 1 amide bonds. The van der Waals surface area contributed by atoms with E-state index in [0.29, 0.717) is 23.4 Å². The highest BCUT2D eigenvalue weighted by Gasteiger charge is 2.11. The maximum Gasteiger partial charge on any atom is 0.258 e. The molecule has 0 radical (unpaired) electrons. The van der Waals surface area contributed by atoms with Crippen LogP contribution in [0.15, 0.2) is 60.7 Å². The number of ether oxygens (including phenoxy) is 2. The largest absolute Gasteiger partial charge is 0.481 e. The molecular weight excluding hydrogens is 408 g/mol. The van der Waals surface area contributed by atoms with Crippen molar-refractivity contribution in [2.75, 3.05) is 19.8 Å². The van der Waals surface area contributed by atoms with Crippen LogP contribution in [0.1, 0.15) is 0 Å². The Kier molecular flexibility index (Phi) is 5.97. The fourth-order valence-corrected chi connectivity index (χ4v) is 2.75. The van der Waals surface area contributed by atoms with Gasteiger partial charge < -0.3 is 14.8 Å². The van der Waals surface area contributed by atoms with E-state index < -0.39 is 24.1 Å². The molecule has 0 bridgehead atoms. The third-order valence-electron chi connectivity index (χ3n) is 4.20. The highest BCUT2D eigenvalue weighted by molar-refractivity contribution is 5.77. The van der Waals surface area contributed by atoms with Crippen molar-refractivity contribution >= 4 is 11.6 Å². The van der Waals surface area contributed by atoms with Crippen LogP contribution in [0, 0.1) is 11.6 Å². The van der Waals surface area contributed by atoms with E-state index >= 15 is 0 Å². The number of aromatic nitrogens is 4. The summed E-state index contributed by atoms with van der Waals surface area (Å²) in [5, 5.41) is 15.2. The van der Waals surface area contributed by atoms with E-state index in [1.54, 1.807) is 16.6 Å². The first-order chi connectivity index (χ1) is 15.1. The van der Waals surface area contributed by atoms with E-state index in [9.17, 15) is 13.6 Å². The monoisotopic (exact) mass is 425 g/mol. The molecule has 0 fully saturated rings. The molecule has 0 saturated carbocycles. The molecule has 31 heavy (non-hydrogen) atoms. The first kappa shape index (κ1) is 20.2. The van der Waals surface area contributed by atoms with Gasteiger partial charge in [-0.05, 0) is 18.2 Å². The number of fused-ring (bicyclic) bond motifs is 1. The summed E-state index contributed by atoms with van der Waals surface area (Å²) in [6, 6.07) is 15.7. The number of carbonyl (C=O) groups is 1. The summed E-state index contributed by atoms with van der Waals surface area (Å²) in [5.41, 5.74) is 1.44. The Bertz CT molecular complexity index is 1200. The number of rotatable bonds is 8. The SMILES string of the molecule is O=C(COc1ccc(F)cc1F)NCCOc1ccc2nnc(-c3ccccc3)n2n1. The third kappa shape index (κ3) is 4.92. The molecule has 2 heterocycles. The zero-order valence-corrected chi connectivity index (χ0v) is 16.2. The van der Waals surface area contributed by atoms with Crippen molar-refractivity contribution < 1.29 is 23.0 Å². The quantitative estimate of drug-likeness (QED) is 0.437. The first-order valence-electron chi connectivity index (χ1n) is 9.35. The molecule has 158 valence electrons. The number of halogens is 2. The van der Waals surface area contributed by atoms with Crippen LogP contribution in [0.3, 0.4) is 0 Å². The van der Waals surface area contributed by atoms with E-state index in [4.69, 9.17) is 9.47 Å². The summed E-state index contributed by atoms with van der Waals surface area (Å²) >= 11 is 0. The minimum atomic E-state index is -0.874. The molecule has 4 aromatic rings. The van der Waals surface area contributed by atoms with Gasteiger partial charge >= 0.3 is 0 Å². The molecular formula is C21H17F2N5O3. The Labute approximate surface area is 175 Å². The second-order valence-corrected chi connectivity index (χ2v) is 6.39. The molecule has 10 heteroatoms. The molecule has 8 nitrogen and oxygen atoms in total. The van der Waals surface area contributed by atoms with Crippen LogP contribution in [0.4, 0.5) is 8.78 Å². The number of nitrogens with one attached hydrogen (secondary N) is 1. The van der Waals surface area contributed by atoms with Gasteiger partial charge in [-0.3, -0.25) is 4.79 Å². The molecule has 4 rings (SSSR count). The van der Waals surface area contributed by atoms with E-state index in [1.165, 1.54) is 0 Å². The summed E-state index contributed by atoms with van der Waals surface area (Å²) in [6.45, 7) is -0.0760. The number of hydrogen-bond acceptors (Lipinski definition) is 6. The number of amides is 1. The molecule has 2 aromatic carbocycles. The van der Waals surface area contributed by atoms with Crippen LogP contribution in [0.5, 0.6) is 11.6 Å². The Morgan fingerprint density at radius 2 is 1.84 bits per heavy atom. The van der Waals surface area contributed by atoms with Crippen molar-refractivity contribution in [3.05, 3.63) is 72.3 Å². The van der Waals surface area contributed by atoms with Crippen molar-refractivity contribution in [1.29, 1.82) is 0 Å². The normalized spacial score (nSPS) is 10.8. The molecule has 0 aliphatic carbocycles. The highest BCUT2D eigenvalue weighted by atomic mass is 19.1. The minimum Gasteiger partial charge on any atom is -0.481 e. The Morgan fingerprint density at radius 3 is 2.65 bits per heavy atom. The summed E-state index contributed by atoms with van der Waals surface area (Å²) in [7, 11) is 0. The lowest BCUT2D eigenvalue weighted by Crippen LogP contribution is -2.32. The maximum absolute atomic E-state index is 13.5. The van der Waals surface area contributed by atoms with Crippen LogP contribution >= 0.6 is 0 Å². The van der Waals surface area contributed by atoms with E-state index in [-0.39, 0.29) is 18.9 Å². The Hall–Kier alpha value is -4.08. The van der Waals surface area contributed by atoms with Gasteiger partial charge in [0.25, 0.3) is 5.91 Å². The van der Waals surface area contributed by atoms with Gasteiger partial charge in [0.2, 0.25) is 5.88 Å². The van der Waals surface area contributed by atoms with Crippen molar-refractivity contribution in [3.63, 3.8) is 0 Å². The van der Waals surface area contributed by atoms with Gasteiger partial charge in [0, 0.05) is 17.7 Å². The first-order valence-corrected chi connectivity index (χ1v) is 9.35. The zero-order chi connectivity index (χ0) is 21.6. The minimum absolute atomic E-state index is 0.151. The summed E-state index contributed by atoms with van der Waals surface area (Å²) in [5.74, 6) is -1.35. The fourth-order valence-electron chi connectivity index (χ4n) is 2.75. The predicted molar refractivity (Wildman–Crippen MR) is 107 cm³/mol.